The summed E-state index contributed by atoms with van der Waals surface area (Å²) in [5, 5.41) is 0. The van der Waals surface area contributed by atoms with Crippen molar-refractivity contribution in [3.63, 3.8) is 0 Å². The van der Waals surface area contributed by atoms with Crippen molar-refractivity contribution >= 4 is 11.6 Å². The fraction of sp³-hybridized carbons (Fsp3) is 0.462. The Labute approximate surface area is 117 Å². The van der Waals surface area contributed by atoms with E-state index in [-0.39, 0.29) is 26.2 Å². The van der Waals surface area contributed by atoms with Gasteiger partial charge in [0.05, 0.1) is 5.69 Å². The van der Waals surface area contributed by atoms with Crippen molar-refractivity contribution in [3.05, 3.63) is 30.1 Å². The van der Waals surface area contributed by atoms with Crippen LogP contribution in [-0.2, 0) is 4.79 Å². The van der Waals surface area contributed by atoms with Crippen molar-refractivity contribution in [1.82, 2.24) is 4.90 Å². The Morgan fingerprint density at radius 1 is 1.10 bits per heavy atom. The summed E-state index contributed by atoms with van der Waals surface area (Å²) in [7, 11) is 0. The lowest BCUT2D eigenvalue weighted by Crippen LogP contribution is -2.55. The van der Waals surface area contributed by atoms with E-state index < -0.39 is 24.1 Å². The van der Waals surface area contributed by atoms with E-state index in [1.165, 1.54) is 18.2 Å². The van der Waals surface area contributed by atoms with E-state index in [0.717, 1.165) is 0 Å². The average Bonchev–Trinajstić information content (AvgIpc) is 2.47. The summed E-state index contributed by atoms with van der Waals surface area (Å²) < 4.78 is 63.9. The van der Waals surface area contributed by atoms with Crippen molar-refractivity contribution in [3.8, 4) is 0 Å². The van der Waals surface area contributed by atoms with Crippen molar-refractivity contribution in [2.75, 3.05) is 31.1 Å². The number of benzene rings is 1. The van der Waals surface area contributed by atoms with Gasteiger partial charge in [-0.25, -0.2) is 13.2 Å². The fourth-order valence-electron chi connectivity index (χ4n) is 2.16. The number of carbonyl (C=O) groups is 1. The van der Waals surface area contributed by atoms with Crippen molar-refractivity contribution < 1.29 is 26.7 Å². The number of hydrogen-bond acceptors (Lipinski definition) is 2. The number of alkyl halides is 4. The molecule has 0 atom stereocenters. The first kappa shape index (κ1) is 15.5. The van der Waals surface area contributed by atoms with E-state index >= 15 is 0 Å². The number of carbonyl (C=O) groups excluding carboxylic acids is 1. The molecule has 0 aliphatic carbocycles. The topological polar surface area (TPSA) is 23.6 Å². The first-order chi connectivity index (χ1) is 9.84. The molecule has 1 fully saturated rings. The molecule has 0 bridgehead atoms. The van der Waals surface area contributed by atoms with Crippen LogP contribution in [0.5, 0.6) is 0 Å². The second kappa shape index (κ2) is 5.87. The highest BCUT2D eigenvalue weighted by Gasteiger charge is 2.51. The van der Waals surface area contributed by atoms with E-state index in [0.29, 0.717) is 10.6 Å². The van der Waals surface area contributed by atoms with Crippen molar-refractivity contribution in [2.45, 2.75) is 12.3 Å². The standard InChI is InChI=1S/C13H13F5N2O/c14-9-3-1-2-4-10(9)19-5-7-20(8-6-19)12(21)13(17,18)11(15)16/h1-4,11H,5-8H2. The van der Waals surface area contributed by atoms with E-state index in [1.54, 1.807) is 11.0 Å². The van der Waals surface area contributed by atoms with Gasteiger partial charge in [-0.05, 0) is 12.1 Å². The molecule has 21 heavy (non-hydrogen) atoms. The van der Waals surface area contributed by atoms with Gasteiger partial charge >= 0.3 is 12.3 Å². The van der Waals surface area contributed by atoms with Crippen LogP contribution in [0.3, 0.4) is 0 Å². The second-order valence-electron chi connectivity index (χ2n) is 4.65. The molecule has 2 rings (SSSR count). The molecule has 116 valence electrons. The third-order valence-electron chi connectivity index (χ3n) is 3.32. The zero-order valence-electron chi connectivity index (χ0n) is 10.9. The predicted molar refractivity (Wildman–Crippen MR) is 66.1 cm³/mol. The Morgan fingerprint density at radius 3 is 2.19 bits per heavy atom. The zero-order chi connectivity index (χ0) is 15.6. The Balaban J connectivity index is 2.01. The van der Waals surface area contributed by atoms with Crippen LogP contribution < -0.4 is 4.90 Å². The maximum atomic E-state index is 13.6. The second-order valence-corrected chi connectivity index (χ2v) is 4.65. The molecule has 0 radical (unpaired) electrons. The number of anilines is 1. The van der Waals surface area contributed by atoms with Gasteiger partial charge in [-0.3, -0.25) is 4.79 Å². The number of rotatable bonds is 3. The van der Waals surface area contributed by atoms with Gasteiger partial charge in [0, 0.05) is 26.2 Å². The smallest absolute Gasteiger partial charge is 0.366 e. The van der Waals surface area contributed by atoms with Gasteiger partial charge in [-0.1, -0.05) is 12.1 Å². The molecule has 1 aromatic rings. The van der Waals surface area contributed by atoms with Crippen LogP contribution in [0, 0.1) is 5.82 Å². The molecule has 1 aliphatic heterocycles. The summed E-state index contributed by atoms with van der Waals surface area (Å²) in [6.45, 7) is -0.108. The fourth-order valence-corrected chi connectivity index (χ4v) is 2.16. The molecule has 1 saturated heterocycles. The number of halogens is 5. The van der Waals surface area contributed by atoms with Crippen LogP contribution in [-0.4, -0.2) is 49.3 Å². The van der Waals surface area contributed by atoms with Crippen LogP contribution >= 0.6 is 0 Å². The van der Waals surface area contributed by atoms with Gasteiger partial charge in [0.1, 0.15) is 5.82 Å². The number of amides is 1. The number of hydrogen-bond donors (Lipinski definition) is 0. The molecular weight excluding hydrogens is 295 g/mol. The molecule has 0 saturated carbocycles. The van der Waals surface area contributed by atoms with Gasteiger partial charge in [0.15, 0.2) is 0 Å². The summed E-state index contributed by atoms with van der Waals surface area (Å²) in [6.07, 6.45) is -4.03. The highest BCUT2D eigenvalue weighted by atomic mass is 19.3. The first-order valence-electron chi connectivity index (χ1n) is 6.29. The molecule has 1 amide bonds. The molecule has 0 spiro atoms. The molecule has 1 heterocycles. The quantitative estimate of drug-likeness (QED) is 0.801. The minimum atomic E-state index is -4.68. The lowest BCUT2D eigenvalue weighted by molar-refractivity contribution is -0.180. The van der Waals surface area contributed by atoms with E-state index in [4.69, 9.17) is 0 Å². The summed E-state index contributed by atoms with van der Waals surface area (Å²) in [6, 6.07) is 5.93. The largest absolute Gasteiger partial charge is 0.383 e. The van der Waals surface area contributed by atoms with Crippen molar-refractivity contribution in [2.24, 2.45) is 0 Å². The lowest BCUT2D eigenvalue weighted by atomic mass is 10.2. The molecule has 1 aliphatic rings. The highest BCUT2D eigenvalue weighted by molar-refractivity contribution is 5.84. The van der Waals surface area contributed by atoms with Gasteiger partial charge in [0.25, 0.3) is 5.91 Å². The monoisotopic (exact) mass is 308 g/mol. The lowest BCUT2D eigenvalue weighted by Gasteiger charge is -2.37. The summed E-state index contributed by atoms with van der Waals surface area (Å²) >= 11 is 0. The van der Waals surface area contributed by atoms with Gasteiger partial charge in [-0.15, -0.1) is 0 Å². The molecule has 0 aromatic heterocycles. The van der Waals surface area contributed by atoms with Crippen LogP contribution in [0.15, 0.2) is 24.3 Å². The Bertz CT molecular complexity index is 515. The maximum absolute atomic E-state index is 13.6. The Hall–Kier alpha value is -1.86. The van der Waals surface area contributed by atoms with Crippen LogP contribution in [0.1, 0.15) is 0 Å². The van der Waals surface area contributed by atoms with Crippen molar-refractivity contribution in [1.29, 1.82) is 0 Å². The molecule has 0 unspecified atom stereocenters. The summed E-state index contributed by atoms with van der Waals surface area (Å²) in [5.74, 6) is -7.03. The van der Waals surface area contributed by atoms with Gasteiger partial charge in [-0.2, -0.15) is 8.78 Å². The van der Waals surface area contributed by atoms with E-state index in [9.17, 15) is 26.7 Å². The highest BCUT2D eigenvalue weighted by Crippen LogP contribution is 2.27. The van der Waals surface area contributed by atoms with Gasteiger partial charge < -0.3 is 9.80 Å². The molecular formula is C13H13F5N2O. The summed E-state index contributed by atoms with van der Waals surface area (Å²) in [4.78, 5) is 13.6. The minimum Gasteiger partial charge on any atom is -0.366 e. The van der Waals surface area contributed by atoms with Gasteiger partial charge in [0.2, 0.25) is 0 Å². The summed E-state index contributed by atoms with van der Waals surface area (Å²) in [5.41, 5.74) is 0.296. The van der Waals surface area contributed by atoms with Crippen LogP contribution in [0.4, 0.5) is 27.6 Å². The molecule has 1 aromatic carbocycles. The van der Waals surface area contributed by atoms with E-state index in [1.807, 2.05) is 0 Å². The average molecular weight is 308 g/mol. The zero-order valence-corrected chi connectivity index (χ0v) is 10.9. The normalized spacial score (nSPS) is 16.5. The Morgan fingerprint density at radius 2 is 1.67 bits per heavy atom. The SMILES string of the molecule is O=C(N1CCN(c2ccccc2F)CC1)C(F)(F)C(F)F. The Kier molecular flexibility index (Phi) is 4.34. The molecule has 3 nitrogen and oxygen atoms in total. The van der Waals surface area contributed by atoms with Crippen LogP contribution in [0.25, 0.3) is 0 Å². The minimum absolute atomic E-state index is 0.103. The predicted octanol–water partition coefficient (Wildman–Crippen LogP) is 2.37. The third-order valence-corrected chi connectivity index (χ3v) is 3.32. The molecule has 8 heteroatoms. The number of nitrogens with zero attached hydrogens (tertiary/aromatic N) is 2. The third kappa shape index (κ3) is 3.08. The maximum Gasteiger partial charge on any atom is 0.383 e. The first-order valence-corrected chi connectivity index (χ1v) is 6.29. The van der Waals surface area contributed by atoms with Crippen LogP contribution in [0.2, 0.25) is 0 Å². The number of para-hydroxylation sites is 1. The molecule has 0 N–H and O–H groups in total. The number of piperazine rings is 1. The van der Waals surface area contributed by atoms with E-state index in [2.05, 4.69) is 0 Å².